The van der Waals surface area contributed by atoms with Gasteiger partial charge in [0.05, 0.1) is 12.6 Å². The van der Waals surface area contributed by atoms with Crippen LogP contribution < -0.4 is 11.1 Å². The molecule has 4 nitrogen and oxygen atoms in total. The third kappa shape index (κ3) is 3.70. The van der Waals surface area contributed by atoms with Crippen LogP contribution in [-0.4, -0.2) is 16.5 Å². The number of rotatable bonds is 5. The van der Waals surface area contributed by atoms with Gasteiger partial charge in [0.2, 0.25) is 5.91 Å². The maximum Gasteiger partial charge on any atom is 0.237 e. The largest absolute Gasteiger partial charge is 0.353 e. The highest BCUT2D eigenvalue weighted by atomic mass is 16.2. The molecule has 0 aliphatic rings. The molecule has 0 aliphatic heterocycles. The number of nitrogens with zero attached hydrogens (tertiary/aromatic N) is 1. The second kappa shape index (κ2) is 5.70. The Morgan fingerprint density at radius 3 is 2.75 bits per heavy atom. The zero-order chi connectivity index (χ0) is 12.1. The van der Waals surface area contributed by atoms with Crippen molar-refractivity contribution in [2.24, 2.45) is 18.7 Å². The van der Waals surface area contributed by atoms with Gasteiger partial charge in [-0.1, -0.05) is 13.8 Å². The minimum absolute atomic E-state index is 0.0742. The lowest BCUT2D eigenvalue weighted by Gasteiger charge is -2.14. The highest BCUT2D eigenvalue weighted by molar-refractivity contribution is 5.81. The van der Waals surface area contributed by atoms with Gasteiger partial charge in [-0.15, -0.1) is 0 Å². The molecule has 0 saturated heterocycles. The zero-order valence-electron chi connectivity index (χ0n) is 10.2. The maximum absolute atomic E-state index is 11.6. The van der Waals surface area contributed by atoms with E-state index >= 15 is 0 Å². The average molecular weight is 223 g/mol. The molecular formula is C12H21N3O. The summed E-state index contributed by atoms with van der Waals surface area (Å²) < 4.78 is 1.98. The number of carbonyl (C=O) groups is 1. The molecule has 1 rings (SSSR count). The topological polar surface area (TPSA) is 60.1 Å². The Kier molecular flexibility index (Phi) is 4.55. The Hall–Kier alpha value is -1.29. The summed E-state index contributed by atoms with van der Waals surface area (Å²) in [7, 11) is 1.95. The van der Waals surface area contributed by atoms with Gasteiger partial charge in [0, 0.05) is 18.9 Å². The first-order valence-electron chi connectivity index (χ1n) is 5.64. The van der Waals surface area contributed by atoms with Crippen LogP contribution in [0.3, 0.4) is 0 Å². The molecular weight excluding hydrogens is 202 g/mol. The van der Waals surface area contributed by atoms with Crippen LogP contribution in [0.25, 0.3) is 0 Å². The molecule has 0 aromatic carbocycles. The first-order chi connectivity index (χ1) is 7.50. The van der Waals surface area contributed by atoms with Crippen molar-refractivity contribution >= 4 is 5.91 Å². The standard InChI is InChI=1S/C12H21N3O/c1-9(2)7-11(13)12(16)14-8-10-5-4-6-15(10)3/h4-6,9,11H,7-8,13H2,1-3H3,(H,14,16)/t11-/m1/s1. The summed E-state index contributed by atoms with van der Waals surface area (Å²) in [5, 5.41) is 2.85. The number of hydrogen-bond donors (Lipinski definition) is 2. The fourth-order valence-corrected chi connectivity index (χ4v) is 1.60. The summed E-state index contributed by atoms with van der Waals surface area (Å²) in [6.07, 6.45) is 2.68. The van der Waals surface area contributed by atoms with Gasteiger partial charge in [-0.05, 0) is 24.5 Å². The molecule has 0 bridgehead atoms. The molecule has 4 heteroatoms. The molecule has 1 aromatic heterocycles. The molecule has 0 spiro atoms. The number of aromatic nitrogens is 1. The first kappa shape index (κ1) is 12.8. The third-order valence-electron chi connectivity index (χ3n) is 2.56. The number of amides is 1. The molecule has 0 fully saturated rings. The zero-order valence-corrected chi connectivity index (χ0v) is 10.2. The highest BCUT2D eigenvalue weighted by Gasteiger charge is 2.14. The lowest BCUT2D eigenvalue weighted by Crippen LogP contribution is -2.41. The van der Waals surface area contributed by atoms with Crippen LogP contribution in [0.5, 0.6) is 0 Å². The number of aryl methyl sites for hydroxylation is 1. The van der Waals surface area contributed by atoms with Crippen molar-refractivity contribution in [3.05, 3.63) is 24.0 Å². The summed E-state index contributed by atoms with van der Waals surface area (Å²) in [4.78, 5) is 11.6. The van der Waals surface area contributed by atoms with E-state index in [1.807, 2.05) is 29.9 Å². The fraction of sp³-hybridized carbons (Fsp3) is 0.583. The predicted molar refractivity (Wildman–Crippen MR) is 64.7 cm³/mol. The molecule has 1 aromatic rings. The van der Waals surface area contributed by atoms with Crippen molar-refractivity contribution in [2.45, 2.75) is 32.9 Å². The summed E-state index contributed by atoms with van der Waals surface area (Å²) in [5.74, 6) is 0.366. The molecule has 0 aliphatic carbocycles. The quantitative estimate of drug-likeness (QED) is 0.782. The van der Waals surface area contributed by atoms with Gasteiger partial charge in [0.25, 0.3) is 0 Å². The predicted octanol–water partition coefficient (Wildman–Crippen LogP) is 1.01. The molecule has 0 radical (unpaired) electrons. The molecule has 1 amide bonds. The SMILES string of the molecule is CC(C)C[C@@H](N)C(=O)NCc1cccn1C. The van der Waals surface area contributed by atoms with E-state index in [9.17, 15) is 4.79 Å². The van der Waals surface area contributed by atoms with E-state index in [-0.39, 0.29) is 5.91 Å². The first-order valence-corrected chi connectivity index (χ1v) is 5.64. The van der Waals surface area contributed by atoms with Crippen molar-refractivity contribution in [1.82, 2.24) is 9.88 Å². The summed E-state index contributed by atoms with van der Waals surface area (Å²) in [6, 6.07) is 3.53. The summed E-state index contributed by atoms with van der Waals surface area (Å²) >= 11 is 0. The Morgan fingerprint density at radius 2 is 2.25 bits per heavy atom. The molecule has 3 N–H and O–H groups in total. The van der Waals surface area contributed by atoms with Crippen molar-refractivity contribution < 1.29 is 4.79 Å². The monoisotopic (exact) mass is 223 g/mol. The van der Waals surface area contributed by atoms with Crippen molar-refractivity contribution in [3.8, 4) is 0 Å². The molecule has 1 heterocycles. The third-order valence-corrected chi connectivity index (χ3v) is 2.56. The molecule has 16 heavy (non-hydrogen) atoms. The number of nitrogens with one attached hydrogen (secondary N) is 1. The van der Waals surface area contributed by atoms with Crippen LogP contribution in [0.1, 0.15) is 26.0 Å². The second-order valence-corrected chi connectivity index (χ2v) is 4.56. The van der Waals surface area contributed by atoms with Crippen LogP contribution >= 0.6 is 0 Å². The van der Waals surface area contributed by atoms with Crippen molar-refractivity contribution in [3.63, 3.8) is 0 Å². The molecule has 90 valence electrons. The summed E-state index contributed by atoms with van der Waals surface area (Å²) in [5.41, 5.74) is 6.85. The maximum atomic E-state index is 11.6. The highest BCUT2D eigenvalue weighted by Crippen LogP contribution is 2.03. The van der Waals surface area contributed by atoms with Gasteiger partial charge < -0.3 is 15.6 Å². The Balaban J connectivity index is 2.38. The minimum atomic E-state index is -0.403. The molecule has 1 atom stereocenters. The Morgan fingerprint density at radius 1 is 1.56 bits per heavy atom. The van der Waals surface area contributed by atoms with Gasteiger partial charge in [0.1, 0.15) is 0 Å². The van der Waals surface area contributed by atoms with Crippen LogP contribution in [0, 0.1) is 5.92 Å². The fourth-order valence-electron chi connectivity index (χ4n) is 1.60. The number of nitrogens with two attached hydrogens (primary N) is 1. The van der Waals surface area contributed by atoms with Crippen LogP contribution in [0.4, 0.5) is 0 Å². The van der Waals surface area contributed by atoms with Gasteiger partial charge >= 0.3 is 0 Å². The normalized spacial score (nSPS) is 12.8. The Labute approximate surface area is 96.8 Å². The lowest BCUT2D eigenvalue weighted by atomic mass is 10.0. The Bertz CT molecular complexity index is 344. The van der Waals surface area contributed by atoms with E-state index in [2.05, 4.69) is 19.2 Å². The molecule has 0 unspecified atom stereocenters. The van der Waals surface area contributed by atoms with E-state index < -0.39 is 6.04 Å². The molecule has 0 saturated carbocycles. The van der Waals surface area contributed by atoms with Gasteiger partial charge in [-0.3, -0.25) is 4.79 Å². The van der Waals surface area contributed by atoms with E-state index in [1.165, 1.54) is 0 Å². The second-order valence-electron chi connectivity index (χ2n) is 4.56. The van der Waals surface area contributed by atoms with Crippen molar-refractivity contribution in [2.75, 3.05) is 0 Å². The van der Waals surface area contributed by atoms with Gasteiger partial charge in [-0.2, -0.15) is 0 Å². The van der Waals surface area contributed by atoms with Gasteiger partial charge in [-0.25, -0.2) is 0 Å². The van der Waals surface area contributed by atoms with E-state index in [1.54, 1.807) is 0 Å². The van der Waals surface area contributed by atoms with Crippen LogP contribution in [0.2, 0.25) is 0 Å². The summed E-state index contributed by atoms with van der Waals surface area (Å²) in [6.45, 7) is 4.66. The average Bonchev–Trinajstić information content (AvgIpc) is 2.59. The van der Waals surface area contributed by atoms with Crippen molar-refractivity contribution in [1.29, 1.82) is 0 Å². The lowest BCUT2D eigenvalue weighted by molar-refractivity contribution is -0.122. The van der Waals surface area contributed by atoms with Gasteiger partial charge in [0.15, 0.2) is 0 Å². The van der Waals surface area contributed by atoms with Crippen LogP contribution in [0.15, 0.2) is 18.3 Å². The number of hydrogen-bond acceptors (Lipinski definition) is 2. The van der Waals surface area contributed by atoms with E-state index in [4.69, 9.17) is 5.73 Å². The minimum Gasteiger partial charge on any atom is -0.353 e. The van der Waals surface area contributed by atoms with Crippen LogP contribution in [-0.2, 0) is 18.4 Å². The number of carbonyl (C=O) groups excluding carboxylic acids is 1. The van der Waals surface area contributed by atoms with E-state index in [0.717, 1.165) is 12.1 Å². The smallest absolute Gasteiger partial charge is 0.237 e. The van der Waals surface area contributed by atoms with E-state index in [0.29, 0.717) is 12.5 Å².